The fraction of sp³-hybridized carbons (Fsp3) is 0. The molecule has 0 N–H and O–H groups in total. The third-order valence-electron chi connectivity index (χ3n) is 16.1. The zero-order valence-corrected chi connectivity index (χ0v) is 45.9. The van der Waals surface area contributed by atoms with Crippen LogP contribution in [0.3, 0.4) is 0 Å². The Morgan fingerprint density at radius 2 is 0.558 bits per heavy atom. The summed E-state index contributed by atoms with van der Waals surface area (Å²) >= 11 is 0. The smallest absolute Gasteiger partial charge is 0.150 e. The molecule has 0 heterocycles. The quantitative estimate of drug-likeness (QED) is 0.0904. The Labute approximate surface area is 494 Å². The second-order valence-corrected chi connectivity index (χ2v) is 21.2. The lowest BCUT2D eigenvalue weighted by Gasteiger charge is -2.30. The number of hydrogen-bond acceptors (Lipinski definition) is 4. The van der Waals surface area contributed by atoms with E-state index in [0.717, 1.165) is 89.0 Å². The predicted molar refractivity (Wildman–Crippen MR) is 341 cm³/mol. The number of hydrogen-bond donors (Lipinski definition) is 0. The van der Waals surface area contributed by atoms with E-state index in [-0.39, 0.29) is 22.5 Å². The molecule has 0 bridgehead atoms. The lowest BCUT2D eigenvalue weighted by Crippen LogP contribution is -2.14. The lowest BCUT2D eigenvalue weighted by atomic mass is 9.91. The van der Waals surface area contributed by atoms with Gasteiger partial charge in [0.2, 0.25) is 0 Å². The molecular weight excluding hydrogens is 1070 g/mol. The molecule has 406 valence electrons. The number of benzene rings is 14. The van der Waals surface area contributed by atoms with Gasteiger partial charge < -0.3 is 9.80 Å². The van der Waals surface area contributed by atoms with E-state index in [4.69, 9.17) is 0 Å². The molecule has 14 rings (SSSR count). The monoisotopic (exact) mass is 1110 g/mol. The molecule has 0 aliphatic carbocycles. The maximum Gasteiger partial charge on any atom is 0.150 e. The number of anilines is 6. The minimum Gasteiger partial charge on any atom is -0.307 e. The van der Waals surface area contributed by atoms with E-state index in [1.165, 1.54) is 0 Å². The first-order chi connectivity index (χ1) is 42.2. The Morgan fingerprint density at radius 3 is 0.872 bits per heavy atom. The number of halogens is 4. The Bertz CT molecular complexity index is 4550. The minimum atomic E-state index is -0.812. The van der Waals surface area contributed by atoms with Crippen LogP contribution >= 0.6 is 0 Å². The molecule has 14 aromatic rings. The van der Waals surface area contributed by atoms with Gasteiger partial charge in [-0.05, 0) is 186 Å². The van der Waals surface area contributed by atoms with Crippen molar-refractivity contribution in [3.05, 3.63) is 313 Å². The van der Waals surface area contributed by atoms with Gasteiger partial charge in [0.15, 0.2) is 0 Å². The van der Waals surface area contributed by atoms with Crippen LogP contribution in [0.4, 0.5) is 51.7 Å². The molecule has 8 heteroatoms. The average molecular weight is 1120 g/mol. The Morgan fingerprint density at radius 1 is 0.256 bits per heavy atom. The molecule has 0 amide bonds. The van der Waals surface area contributed by atoms with E-state index in [1.54, 1.807) is 70.5 Å². The summed E-state index contributed by atoms with van der Waals surface area (Å²) in [5, 5.41) is 24.7. The Hall–Kier alpha value is -11.6. The molecule has 14 aromatic carbocycles. The predicted octanol–water partition coefficient (Wildman–Crippen LogP) is 21.8. The normalized spacial score (nSPS) is 11.2. The van der Waals surface area contributed by atoms with Crippen molar-refractivity contribution in [2.24, 2.45) is 0 Å². The summed E-state index contributed by atoms with van der Waals surface area (Å²) in [6.07, 6.45) is 0. The summed E-state index contributed by atoms with van der Waals surface area (Å²) < 4.78 is 68.2. The topological polar surface area (TPSA) is 54.1 Å². The summed E-state index contributed by atoms with van der Waals surface area (Å²) in [5.41, 5.74) is 11.7. The molecule has 0 aromatic heterocycles. The molecule has 0 saturated heterocycles. The van der Waals surface area contributed by atoms with Gasteiger partial charge >= 0.3 is 0 Å². The van der Waals surface area contributed by atoms with E-state index >= 15 is 17.6 Å². The van der Waals surface area contributed by atoms with E-state index in [1.807, 2.05) is 194 Å². The first kappa shape index (κ1) is 52.5. The minimum absolute atomic E-state index is 0.0629. The third kappa shape index (κ3) is 9.57. The van der Waals surface area contributed by atoms with Crippen LogP contribution in [0.2, 0.25) is 0 Å². The summed E-state index contributed by atoms with van der Waals surface area (Å²) in [7, 11) is 0. The van der Waals surface area contributed by atoms with Crippen LogP contribution in [0.1, 0.15) is 11.1 Å². The summed E-state index contributed by atoms with van der Waals surface area (Å²) in [6.45, 7) is 0. The van der Waals surface area contributed by atoms with Crippen molar-refractivity contribution in [1.29, 1.82) is 10.5 Å². The zero-order valence-electron chi connectivity index (χ0n) is 45.9. The zero-order chi connectivity index (χ0) is 58.4. The van der Waals surface area contributed by atoms with Gasteiger partial charge in [0.05, 0.1) is 46.0 Å². The van der Waals surface area contributed by atoms with Crippen LogP contribution < -0.4 is 9.80 Å². The largest absolute Gasteiger partial charge is 0.307 e. The van der Waals surface area contributed by atoms with Crippen molar-refractivity contribution in [2.45, 2.75) is 0 Å². The highest BCUT2D eigenvalue weighted by atomic mass is 19.1. The lowest BCUT2D eigenvalue weighted by molar-refractivity contribution is 0.586. The fourth-order valence-electron chi connectivity index (χ4n) is 12.0. The second kappa shape index (κ2) is 22.0. The third-order valence-corrected chi connectivity index (χ3v) is 16.1. The fourth-order valence-corrected chi connectivity index (χ4v) is 12.0. The first-order valence-corrected chi connectivity index (χ1v) is 28.0. The van der Waals surface area contributed by atoms with Crippen LogP contribution in [-0.4, -0.2) is 0 Å². The Kier molecular flexibility index (Phi) is 13.4. The molecule has 0 aliphatic heterocycles. The van der Waals surface area contributed by atoms with Crippen LogP contribution in [0.15, 0.2) is 279 Å². The van der Waals surface area contributed by atoms with Crippen molar-refractivity contribution in [3.63, 3.8) is 0 Å². The number of nitriles is 2. The van der Waals surface area contributed by atoms with Gasteiger partial charge in [-0.15, -0.1) is 0 Å². The first-order valence-electron chi connectivity index (χ1n) is 28.0. The van der Waals surface area contributed by atoms with Crippen molar-refractivity contribution >= 4 is 66.4 Å². The molecule has 0 unspecified atom stereocenters. The van der Waals surface area contributed by atoms with Crippen molar-refractivity contribution in [3.8, 4) is 78.9 Å². The molecule has 0 saturated carbocycles. The van der Waals surface area contributed by atoms with E-state index in [2.05, 4.69) is 24.3 Å². The van der Waals surface area contributed by atoms with Crippen molar-refractivity contribution in [2.75, 3.05) is 9.80 Å². The highest BCUT2D eigenvalue weighted by Gasteiger charge is 2.27. The maximum absolute atomic E-state index is 17.3. The molecule has 0 aliphatic rings. The van der Waals surface area contributed by atoms with Crippen LogP contribution in [0.25, 0.3) is 99.1 Å². The molecule has 0 radical (unpaired) electrons. The van der Waals surface area contributed by atoms with Crippen LogP contribution in [0, 0.1) is 45.9 Å². The highest BCUT2D eigenvalue weighted by molar-refractivity contribution is 6.28. The van der Waals surface area contributed by atoms with Gasteiger partial charge in [-0.25, -0.2) is 17.6 Å². The number of rotatable bonds is 12. The average Bonchev–Trinajstić information content (AvgIpc) is 0.778. The summed E-state index contributed by atoms with van der Waals surface area (Å²) in [6, 6.07) is 90.0. The van der Waals surface area contributed by atoms with Crippen LogP contribution in [-0.2, 0) is 0 Å². The molecule has 86 heavy (non-hydrogen) atoms. The van der Waals surface area contributed by atoms with Crippen LogP contribution in [0.5, 0.6) is 0 Å². The van der Waals surface area contributed by atoms with E-state index in [0.29, 0.717) is 45.0 Å². The van der Waals surface area contributed by atoms with Gasteiger partial charge in [-0.2, -0.15) is 10.5 Å². The van der Waals surface area contributed by atoms with Gasteiger partial charge in [0.25, 0.3) is 0 Å². The second-order valence-electron chi connectivity index (χ2n) is 21.2. The van der Waals surface area contributed by atoms with Gasteiger partial charge in [0.1, 0.15) is 23.3 Å². The molecule has 0 atom stereocenters. The molecule has 4 nitrogen and oxygen atoms in total. The summed E-state index contributed by atoms with van der Waals surface area (Å²) in [5.74, 6) is -3.11. The Balaban J connectivity index is 0.967. The number of nitrogens with zero attached hydrogens (tertiary/aromatic N) is 4. The van der Waals surface area contributed by atoms with Gasteiger partial charge in [0, 0.05) is 45.4 Å². The molecule has 0 spiro atoms. The maximum atomic E-state index is 17.3. The standard InChI is InChI=1S/C78H46F4N4/c79-69-45-71(81)75(43-67(69)61-39-57(51-13-5-1-6-14-51)37-58(40-61)52-15-7-2-8-16-52)85(63-29-21-49(47-83)22-30-63)73-35-27-55-26-34-66-74(36-28-56-25-33-65(73)77(55)78(56)66)86(64-31-23-50(48-84)24-32-64)76-44-68(70(80)46-72(76)82)62-41-59(53-17-9-3-10-18-53)38-60(42-62)54-19-11-4-12-20-54/h1-46H. The molecular formula is C78H46F4N4. The SMILES string of the molecule is N#Cc1ccc(N(c2cc(-c3cc(-c4ccccc4)cc(-c4ccccc4)c3)c(F)cc2F)c2ccc3ccc4c(N(c5ccc(C#N)cc5)c5cc(-c6cc(-c7ccccc7)cc(-c7ccccc7)c6)c(F)cc5F)ccc5ccc2c3c54)cc1. The van der Waals surface area contributed by atoms with Crippen molar-refractivity contribution < 1.29 is 17.6 Å². The molecule has 0 fully saturated rings. The summed E-state index contributed by atoms with van der Waals surface area (Å²) in [4.78, 5) is 3.53. The van der Waals surface area contributed by atoms with Gasteiger partial charge in [-0.3, -0.25) is 0 Å². The van der Waals surface area contributed by atoms with Crippen molar-refractivity contribution in [1.82, 2.24) is 0 Å². The van der Waals surface area contributed by atoms with Gasteiger partial charge in [-0.1, -0.05) is 158 Å². The van der Waals surface area contributed by atoms with E-state index in [9.17, 15) is 10.5 Å². The highest BCUT2D eigenvalue weighted by Crippen LogP contribution is 2.50. The van der Waals surface area contributed by atoms with E-state index < -0.39 is 23.3 Å².